The van der Waals surface area contributed by atoms with Crippen molar-refractivity contribution in [2.45, 2.75) is 38.8 Å². The van der Waals surface area contributed by atoms with Crippen molar-refractivity contribution >= 4 is 23.4 Å². The van der Waals surface area contributed by atoms with Crippen LogP contribution in [0.3, 0.4) is 0 Å². The molecule has 0 aliphatic carbocycles. The maximum atomic E-state index is 12.9. The monoisotopic (exact) mass is 385 g/mol. The fourth-order valence-corrected chi connectivity index (χ4v) is 3.81. The molecule has 8 heteroatoms. The number of nitrogen functional groups attached to an aromatic ring is 1. The molecule has 149 valence electrons. The summed E-state index contributed by atoms with van der Waals surface area (Å²) >= 11 is 0. The predicted molar refractivity (Wildman–Crippen MR) is 103 cm³/mol. The Labute approximate surface area is 164 Å². The van der Waals surface area contributed by atoms with Gasteiger partial charge in [0.1, 0.15) is 0 Å². The number of hydrogen-bond donors (Lipinski definition) is 1. The number of rotatable bonds is 4. The van der Waals surface area contributed by atoms with Crippen molar-refractivity contribution in [1.29, 1.82) is 0 Å². The van der Waals surface area contributed by atoms with Crippen LogP contribution in [-0.2, 0) is 10.0 Å². The van der Waals surface area contributed by atoms with Gasteiger partial charge in [-0.3, -0.25) is 19.3 Å². The van der Waals surface area contributed by atoms with E-state index in [1.165, 1.54) is 17.0 Å². The molecule has 0 aromatic heterocycles. The Morgan fingerprint density at radius 2 is 1.71 bits per heavy atom. The fourth-order valence-electron chi connectivity index (χ4n) is 3.81. The molecule has 0 saturated heterocycles. The first kappa shape index (κ1) is 20.0. The highest BCUT2D eigenvalue weighted by Gasteiger charge is 2.49. The number of likely N-dealkylation sites (N-methyl/N-ethyl adjacent to an activating group) is 1. The average molecular weight is 385 g/mol. The number of carbonyl (C=O) groups is 3. The summed E-state index contributed by atoms with van der Waals surface area (Å²) < 4.78 is 0. The molecule has 0 bridgehead atoms. The zero-order chi connectivity index (χ0) is 21.0. The third-order valence-corrected chi connectivity index (χ3v) is 5.42. The Bertz CT molecular complexity index is 903. The topological polar surface area (TPSA) is 107 Å². The van der Waals surface area contributed by atoms with E-state index in [0.29, 0.717) is 16.8 Å². The summed E-state index contributed by atoms with van der Waals surface area (Å²) in [5, 5.41) is 13.4. The molecule has 2 aliphatic rings. The van der Waals surface area contributed by atoms with E-state index in [-0.39, 0.29) is 24.6 Å². The van der Waals surface area contributed by atoms with E-state index in [0.717, 1.165) is 9.96 Å². The number of benzene rings is 1. The first-order valence-corrected chi connectivity index (χ1v) is 9.10. The predicted octanol–water partition coefficient (Wildman–Crippen LogP) is 1.47. The van der Waals surface area contributed by atoms with Gasteiger partial charge in [0.2, 0.25) is 0 Å². The van der Waals surface area contributed by atoms with Gasteiger partial charge in [-0.15, -0.1) is 10.3 Å². The van der Waals surface area contributed by atoms with Gasteiger partial charge >= 0.3 is 0 Å². The Hall–Kier alpha value is -2.71. The van der Waals surface area contributed by atoms with Gasteiger partial charge in [-0.25, -0.2) is 0 Å². The van der Waals surface area contributed by atoms with Crippen molar-refractivity contribution in [3.8, 4) is 0 Å². The minimum Gasteiger partial charge on any atom is -0.399 e. The summed E-state index contributed by atoms with van der Waals surface area (Å²) in [7, 11) is 1.59. The van der Waals surface area contributed by atoms with Gasteiger partial charge in [-0.05, 0) is 45.9 Å². The number of carbonyl (C=O) groups excluding carboxylic acids is 3. The van der Waals surface area contributed by atoms with Crippen molar-refractivity contribution in [3.05, 3.63) is 41.0 Å². The van der Waals surface area contributed by atoms with Crippen LogP contribution < -0.4 is 5.73 Å². The van der Waals surface area contributed by atoms with Crippen LogP contribution in [-0.4, -0.2) is 63.8 Å². The number of hydrogen-bond acceptors (Lipinski definition) is 5. The molecular weight excluding hydrogens is 360 g/mol. The van der Waals surface area contributed by atoms with Gasteiger partial charge in [0.25, 0.3) is 17.7 Å². The number of anilines is 1. The highest BCUT2D eigenvalue weighted by atomic mass is 16.5. The molecule has 1 radical (unpaired) electrons. The highest BCUT2D eigenvalue weighted by Crippen LogP contribution is 2.39. The molecule has 2 aliphatic heterocycles. The molecule has 2 heterocycles. The molecule has 3 amide bonds. The number of amides is 3. The van der Waals surface area contributed by atoms with Gasteiger partial charge in [0.15, 0.2) is 0 Å². The SMILES string of the molecule is CN(CCN1C(=O)c2ccc(N)cc2C1=O)C(=O)C1=CC(C)(C)N([O])C1(C)C. The number of fused-ring (bicyclic) bond motifs is 1. The van der Waals surface area contributed by atoms with E-state index < -0.39 is 22.9 Å². The third kappa shape index (κ3) is 2.98. The van der Waals surface area contributed by atoms with Crippen molar-refractivity contribution in [3.63, 3.8) is 0 Å². The maximum absolute atomic E-state index is 12.9. The van der Waals surface area contributed by atoms with Crippen molar-refractivity contribution in [2.24, 2.45) is 0 Å². The van der Waals surface area contributed by atoms with Gasteiger partial charge in [-0.2, -0.15) is 0 Å². The molecule has 28 heavy (non-hydrogen) atoms. The first-order valence-electron chi connectivity index (χ1n) is 9.10. The number of nitrogens with two attached hydrogens (primary N) is 1. The quantitative estimate of drug-likeness (QED) is 0.624. The number of hydroxylamine groups is 2. The largest absolute Gasteiger partial charge is 0.399 e. The Morgan fingerprint density at radius 1 is 1.11 bits per heavy atom. The lowest BCUT2D eigenvalue weighted by atomic mass is 9.95. The summed E-state index contributed by atoms with van der Waals surface area (Å²) in [6, 6.07) is 4.60. The zero-order valence-corrected chi connectivity index (χ0v) is 16.8. The minimum atomic E-state index is -0.956. The van der Waals surface area contributed by atoms with Crippen molar-refractivity contribution in [2.75, 3.05) is 25.9 Å². The van der Waals surface area contributed by atoms with Crippen molar-refractivity contribution in [1.82, 2.24) is 14.9 Å². The van der Waals surface area contributed by atoms with Gasteiger partial charge in [-0.1, -0.05) is 6.08 Å². The van der Waals surface area contributed by atoms with Crippen LogP contribution in [0.1, 0.15) is 48.4 Å². The van der Waals surface area contributed by atoms with Crippen LogP contribution in [0.2, 0.25) is 0 Å². The van der Waals surface area contributed by atoms with Crippen LogP contribution in [0.4, 0.5) is 5.69 Å². The smallest absolute Gasteiger partial charge is 0.261 e. The van der Waals surface area contributed by atoms with Gasteiger partial charge in [0.05, 0.1) is 22.2 Å². The van der Waals surface area contributed by atoms with Gasteiger partial charge in [0, 0.05) is 31.4 Å². The molecule has 0 fully saturated rings. The molecule has 0 atom stereocenters. The summed E-state index contributed by atoms with van der Waals surface area (Å²) in [4.78, 5) is 40.5. The summed E-state index contributed by atoms with van der Waals surface area (Å²) in [6.07, 6.45) is 1.68. The Balaban J connectivity index is 1.71. The van der Waals surface area contributed by atoms with Crippen LogP contribution in [0.15, 0.2) is 29.8 Å². The fraction of sp³-hybridized carbons (Fsp3) is 0.450. The second kappa shape index (κ2) is 6.42. The second-order valence-corrected chi connectivity index (χ2v) is 8.36. The molecular formula is C20H25N4O4. The standard InChI is InChI=1S/C20H25N4O4/c1-19(2)11-15(20(3,4)24(19)28)18(27)22(5)8-9-23-16(25)13-7-6-12(21)10-14(13)17(23)26/h6-7,10-11H,8-9,21H2,1-5H3. The van der Waals surface area contributed by atoms with E-state index >= 15 is 0 Å². The maximum Gasteiger partial charge on any atom is 0.261 e. The van der Waals surface area contributed by atoms with Crippen LogP contribution in [0, 0.1) is 0 Å². The Kier molecular flexibility index (Phi) is 4.60. The van der Waals surface area contributed by atoms with E-state index in [1.807, 2.05) is 0 Å². The lowest BCUT2D eigenvalue weighted by Gasteiger charge is -2.34. The first-order chi connectivity index (χ1) is 12.9. The molecule has 3 rings (SSSR count). The third-order valence-electron chi connectivity index (χ3n) is 5.42. The molecule has 0 spiro atoms. The van der Waals surface area contributed by atoms with E-state index in [4.69, 9.17) is 5.73 Å². The Morgan fingerprint density at radius 3 is 2.29 bits per heavy atom. The normalized spacial score (nSPS) is 20.4. The number of imide groups is 1. The molecule has 0 saturated carbocycles. The van der Waals surface area contributed by atoms with E-state index in [1.54, 1.807) is 46.9 Å². The molecule has 2 N–H and O–H groups in total. The molecule has 1 aromatic carbocycles. The van der Waals surface area contributed by atoms with Crippen LogP contribution >= 0.6 is 0 Å². The molecule has 1 aromatic rings. The molecule has 8 nitrogen and oxygen atoms in total. The highest BCUT2D eigenvalue weighted by molar-refractivity contribution is 6.21. The second-order valence-electron chi connectivity index (χ2n) is 8.36. The summed E-state index contributed by atoms with van der Waals surface area (Å²) in [5.41, 5.74) is 5.38. The number of nitrogens with zero attached hydrogens (tertiary/aromatic N) is 3. The van der Waals surface area contributed by atoms with Crippen molar-refractivity contribution < 1.29 is 19.6 Å². The van der Waals surface area contributed by atoms with E-state index in [2.05, 4.69) is 0 Å². The van der Waals surface area contributed by atoms with Gasteiger partial charge < -0.3 is 10.6 Å². The van der Waals surface area contributed by atoms with Crippen LogP contribution in [0.5, 0.6) is 0 Å². The van der Waals surface area contributed by atoms with E-state index in [9.17, 15) is 19.6 Å². The summed E-state index contributed by atoms with van der Waals surface area (Å²) in [5.74, 6) is -1.11. The lowest BCUT2D eigenvalue weighted by Crippen LogP contribution is -2.49. The summed E-state index contributed by atoms with van der Waals surface area (Å²) in [6.45, 7) is 7.15. The lowest BCUT2D eigenvalue weighted by molar-refractivity contribution is -0.238. The molecule has 0 unspecified atom stereocenters. The minimum absolute atomic E-state index is 0.0622. The average Bonchev–Trinajstić information content (AvgIpc) is 2.95. The van der Waals surface area contributed by atoms with Crippen LogP contribution in [0.25, 0.3) is 0 Å². The zero-order valence-electron chi connectivity index (χ0n) is 16.8.